The van der Waals surface area contributed by atoms with Crippen LogP contribution in [0, 0.1) is 5.41 Å². The van der Waals surface area contributed by atoms with Crippen molar-refractivity contribution >= 4 is 51.3 Å². The van der Waals surface area contributed by atoms with Gasteiger partial charge in [-0.3, -0.25) is 13.6 Å². The Balaban J connectivity index is 4.71. The summed E-state index contributed by atoms with van der Waals surface area (Å²) in [5.74, 6) is 0.223. The molecule has 4 nitrogen and oxygen atoms in total. The van der Waals surface area contributed by atoms with Crippen LogP contribution in [0.2, 0.25) is 0 Å². The van der Waals surface area contributed by atoms with Gasteiger partial charge in [-0.1, -0.05) is 45.7 Å². The van der Waals surface area contributed by atoms with Gasteiger partial charge < -0.3 is 0 Å². The molecule has 3 atom stereocenters. The first kappa shape index (κ1) is 20.4. The van der Waals surface area contributed by atoms with E-state index in [2.05, 4.69) is 31.9 Å². The van der Waals surface area contributed by atoms with Crippen molar-refractivity contribution in [3.8, 4) is 0 Å². The van der Waals surface area contributed by atoms with Crippen molar-refractivity contribution in [3.63, 3.8) is 0 Å². The van der Waals surface area contributed by atoms with Crippen LogP contribution in [0.3, 0.4) is 0 Å². The lowest BCUT2D eigenvalue weighted by molar-refractivity contribution is 0.0568. The van der Waals surface area contributed by atoms with E-state index in [1.54, 1.807) is 13.8 Å². The summed E-state index contributed by atoms with van der Waals surface area (Å²) < 4.78 is 28.7. The fraction of sp³-hybridized carbons (Fsp3) is 1.00. The molecule has 0 aromatic heterocycles. The molecule has 0 heterocycles. The Kier molecular flexibility index (Phi) is 10.1. The summed E-state index contributed by atoms with van der Waals surface area (Å²) in [6, 6.07) is 0. The van der Waals surface area contributed by atoms with E-state index in [9.17, 15) is 4.57 Å². The molecule has 0 fully saturated rings. The zero-order valence-corrected chi connectivity index (χ0v) is 16.5. The Morgan fingerprint density at radius 3 is 2.16 bits per heavy atom. The quantitative estimate of drug-likeness (QED) is 0.352. The van der Waals surface area contributed by atoms with Crippen LogP contribution in [-0.4, -0.2) is 35.4 Å². The first-order valence-corrected chi connectivity index (χ1v) is 10.2. The second-order valence-corrected chi connectivity index (χ2v) is 8.25. The Hall–Kier alpha value is 1.36. The molecule has 3 unspecified atom stereocenters. The summed E-state index contributed by atoms with van der Waals surface area (Å²) in [5.41, 5.74) is -0.162. The van der Waals surface area contributed by atoms with Crippen LogP contribution in [0.5, 0.6) is 0 Å². The van der Waals surface area contributed by atoms with E-state index in [0.717, 1.165) is 5.33 Å². The molecular weight excluding hydrogens is 422 g/mol. The highest BCUT2D eigenvalue weighted by molar-refractivity contribution is 9.09. The van der Waals surface area contributed by atoms with Gasteiger partial charge in [0.05, 0.1) is 18.8 Å². The van der Waals surface area contributed by atoms with Crippen molar-refractivity contribution in [2.75, 3.05) is 23.1 Å². The van der Waals surface area contributed by atoms with Gasteiger partial charge in [0.1, 0.15) is 0 Å². The third-order valence-electron chi connectivity index (χ3n) is 2.03. The summed E-state index contributed by atoms with van der Waals surface area (Å²) in [7, 11) is -3.61. The maximum Gasteiger partial charge on any atom is 0.475 e. The highest BCUT2D eigenvalue weighted by atomic mass is 79.9. The monoisotopic (exact) mass is 442 g/mol. The van der Waals surface area contributed by atoms with Gasteiger partial charge in [0.2, 0.25) is 0 Å². The Morgan fingerprint density at radius 2 is 1.74 bits per heavy atom. The van der Waals surface area contributed by atoms with Crippen LogP contribution in [-0.2, 0) is 18.1 Å². The van der Waals surface area contributed by atoms with Crippen LogP contribution in [0.15, 0.2) is 0 Å². The predicted octanol–water partition coefficient (Wildman–Crippen LogP) is 4.98. The van der Waals surface area contributed by atoms with E-state index >= 15 is 0 Å². The zero-order valence-electron chi connectivity index (χ0n) is 11.7. The smallest absolute Gasteiger partial charge is 0.286 e. The minimum Gasteiger partial charge on any atom is -0.286 e. The lowest BCUT2D eigenvalue weighted by Gasteiger charge is -2.27. The lowest BCUT2D eigenvalue weighted by Crippen LogP contribution is -2.23. The molecule has 0 rings (SSSR count). The summed E-state index contributed by atoms with van der Waals surface area (Å²) in [4.78, 5) is 0. The molecule has 0 aromatic rings. The largest absolute Gasteiger partial charge is 0.475 e. The lowest BCUT2D eigenvalue weighted by atomic mass is 9.99. The molecule has 0 aliphatic heterocycles. The molecule has 0 saturated carbocycles. The molecule has 19 heavy (non-hydrogen) atoms. The van der Waals surface area contributed by atoms with Gasteiger partial charge in [0, 0.05) is 16.5 Å². The standard InChI is InChI=1S/C11H22Br2ClO4P/c1-9(5-12)17-19(15,18-10(2)6-14)16-8-11(3,4)7-13/h9-10H,5-8H2,1-4H3. The number of alkyl halides is 3. The van der Waals surface area contributed by atoms with Crippen molar-refractivity contribution < 1.29 is 18.1 Å². The van der Waals surface area contributed by atoms with Crippen molar-refractivity contribution in [3.05, 3.63) is 0 Å². The molecule has 0 radical (unpaired) electrons. The Labute approximate surface area is 137 Å². The molecule has 0 aromatic carbocycles. The molecule has 0 aliphatic rings. The topological polar surface area (TPSA) is 44.8 Å². The number of hydrogen-bond acceptors (Lipinski definition) is 4. The summed E-state index contributed by atoms with van der Waals surface area (Å²) in [5, 5.41) is 1.26. The minimum atomic E-state index is -3.61. The first-order chi connectivity index (χ1) is 8.68. The molecule has 0 aliphatic carbocycles. The van der Waals surface area contributed by atoms with Crippen molar-refractivity contribution in [1.82, 2.24) is 0 Å². The van der Waals surface area contributed by atoms with E-state index < -0.39 is 13.9 Å². The van der Waals surface area contributed by atoms with Crippen molar-refractivity contribution in [2.24, 2.45) is 5.41 Å². The molecule has 0 bridgehead atoms. The predicted molar refractivity (Wildman–Crippen MR) is 86.7 cm³/mol. The maximum atomic E-state index is 12.6. The molecule has 0 saturated heterocycles. The fourth-order valence-corrected chi connectivity index (χ4v) is 3.23. The second-order valence-electron chi connectivity index (χ2n) is 5.16. The third-order valence-corrected chi connectivity index (χ3v) is 6.57. The number of rotatable bonds is 10. The SMILES string of the molecule is CC(CCl)OP(=O)(OCC(C)(C)CBr)OC(C)CBr. The highest BCUT2D eigenvalue weighted by Crippen LogP contribution is 2.52. The van der Waals surface area contributed by atoms with E-state index in [-0.39, 0.29) is 24.0 Å². The van der Waals surface area contributed by atoms with Gasteiger partial charge in [0.25, 0.3) is 0 Å². The Bertz CT molecular complexity index is 288. The average Bonchev–Trinajstić information content (AvgIpc) is 2.36. The third kappa shape index (κ3) is 9.07. The molecule has 0 spiro atoms. The number of halogens is 3. The fourth-order valence-electron chi connectivity index (χ4n) is 0.875. The van der Waals surface area contributed by atoms with Crippen molar-refractivity contribution in [1.29, 1.82) is 0 Å². The van der Waals surface area contributed by atoms with Gasteiger partial charge >= 0.3 is 7.82 Å². The average molecular weight is 445 g/mol. The maximum absolute atomic E-state index is 12.6. The van der Waals surface area contributed by atoms with Crippen LogP contribution in [0.1, 0.15) is 27.7 Å². The van der Waals surface area contributed by atoms with Gasteiger partial charge in [-0.2, -0.15) is 0 Å². The van der Waals surface area contributed by atoms with E-state index in [4.69, 9.17) is 25.2 Å². The Morgan fingerprint density at radius 1 is 1.21 bits per heavy atom. The number of phosphoric acid groups is 1. The summed E-state index contributed by atoms with van der Waals surface area (Å²) in [6.45, 7) is 7.76. The van der Waals surface area contributed by atoms with Gasteiger partial charge in [-0.05, 0) is 19.3 Å². The normalized spacial score (nSPS) is 18.9. The summed E-state index contributed by atoms with van der Waals surface area (Å²) >= 11 is 12.3. The molecular formula is C11H22Br2ClO4P. The molecule has 0 N–H and O–H groups in total. The number of hydrogen-bond donors (Lipinski definition) is 0. The van der Waals surface area contributed by atoms with Crippen LogP contribution in [0.4, 0.5) is 0 Å². The summed E-state index contributed by atoms with van der Waals surface area (Å²) in [6.07, 6.45) is -0.678. The minimum absolute atomic E-state index is 0.162. The van der Waals surface area contributed by atoms with E-state index in [0.29, 0.717) is 5.33 Å². The highest BCUT2D eigenvalue weighted by Gasteiger charge is 2.33. The zero-order chi connectivity index (χ0) is 15.1. The molecule has 8 heteroatoms. The molecule has 0 amide bonds. The van der Waals surface area contributed by atoms with Crippen LogP contribution >= 0.6 is 51.3 Å². The van der Waals surface area contributed by atoms with Crippen molar-refractivity contribution in [2.45, 2.75) is 39.9 Å². The molecule has 116 valence electrons. The number of phosphoric ester groups is 1. The van der Waals surface area contributed by atoms with E-state index in [1.807, 2.05) is 13.8 Å². The first-order valence-electron chi connectivity index (χ1n) is 5.97. The van der Waals surface area contributed by atoms with E-state index in [1.165, 1.54) is 0 Å². The van der Waals surface area contributed by atoms with Crippen LogP contribution < -0.4 is 0 Å². The van der Waals surface area contributed by atoms with Gasteiger partial charge in [0.15, 0.2) is 0 Å². The van der Waals surface area contributed by atoms with Gasteiger partial charge in [-0.25, -0.2) is 4.57 Å². The van der Waals surface area contributed by atoms with Gasteiger partial charge in [-0.15, -0.1) is 11.6 Å². The second kappa shape index (κ2) is 9.39. The van der Waals surface area contributed by atoms with Crippen LogP contribution in [0.25, 0.3) is 0 Å².